The number of piperidine rings is 1. The summed E-state index contributed by atoms with van der Waals surface area (Å²) in [5.74, 6) is 0. The predicted octanol–water partition coefficient (Wildman–Crippen LogP) is 0.848. The molecule has 0 bridgehead atoms. The number of likely N-dealkylation sites (tertiary alicyclic amines) is 1. The summed E-state index contributed by atoms with van der Waals surface area (Å²) in [6, 6.07) is 0. The van der Waals surface area contributed by atoms with Gasteiger partial charge in [0.15, 0.2) is 0 Å². The molecule has 0 spiro atoms. The van der Waals surface area contributed by atoms with Gasteiger partial charge in [0.05, 0.1) is 11.7 Å². The number of hydrogen-bond donors (Lipinski definition) is 2. The second-order valence-electron chi connectivity index (χ2n) is 5.35. The molecule has 0 aromatic rings. The Morgan fingerprint density at radius 1 is 1.53 bits per heavy atom. The third kappa shape index (κ3) is 5.34. The third-order valence-electron chi connectivity index (χ3n) is 3.51. The van der Waals surface area contributed by atoms with Gasteiger partial charge in [-0.15, -0.1) is 0 Å². The summed E-state index contributed by atoms with van der Waals surface area (Å²) in [5, 5.41) is 13.2. The van der Waals surface area contributed by atoms with Crippen molar-refractivity contribution in [3.8, 4) is 0 Å². The summed E-state index contributed by atoms with van der Waals surface area (Å²) < 4.78 is 5.55. The molecule has 0 aromatic heterocycles. The van der Waals surface area contributed by atoms with Crippen LogP contribution in [0.2, 0.25) is 0 Å². The molecule has 2 atom stereocenters. The van der Waals surface area contributed by atoms with Crippen molar-refractivity contribution < 1.29 is 9.84 Å². The number of aliphatic hydroxyl groups excluding tert-OH is 1. The van der Waals surface area contributed by atoms with Gasteiger partial charge in [-0.05, 0) is 39.3 Å². The van der Waals surface area contributed by atoms with Crippen LogP contribution in [0.5, 0.6) is 0 Å². The standard InChI is InChI=1S/C13H28N2O2/c1-4-7-14-9-12(16)10-15-8-5-6-13(2,11-15)17-3/h12,14,16H,4-11H2,1-3H3. The molecule has 0 aromatic carbocycles. The van der Waals surface area contributed by atoms with Crippen LogP contribution in [-0.2, 0) is 4.74 Å². The van der Waals surface area contributed by atoms with E-state index in [2.05, 4.69) is 24.1 Å². The minimum atomic E-state index is -0.277. The van der Waals surface area contributed by atoms with E-state index in [9.17, 15) is 5.11 Å². The Bertz CT molecular complexity index is 214. The Hall–Kier alpha value is -0.160. The van der Waals surface area contributed by atoms with Crippen molar-refractivity contribution in [1.82, 2.24) is 10.2 Å². The van der Waals surface area contributed by atoms with E-state index >= 15 is 0 Å². The summed E-state index contributed by atoms with van der Waals surface area (Å²) in [6.45, 7) is 8.70. The number of aliphatic hydroxyl groups is 1. The van der Waals surface area contributed by atoms with Gasteiger partial charge in [0.2, 0.25) is 0 Å². The van der Waals surface area contributed by atoms with Gasteiger partial charge in [0.1, 0.15) is 0 Å². The van der Waals surface area contributed by atoms with Crippen LogP contribution in [0, 0.1) is 0 Å². The first-order chi connectivity index (χ1) is 8.09. The molecule has 0 saturated carbocycles. The minimum Gasteiger partial charge on any atom is -0.390 e. The average Bonchev–Trinajstić information content (AvgIpc) is 2.29. The minimum absolute atomic E-state index is 0.0329. The molecule has 0 amide bonds. The van der Waals surface area contributed by atoms with Crippen molar-refractivity contribution in [3.63, 3.8) is 0 Å². The lowest BCUT2D eigenvalue weighted by molar-refractivity contribution is -0.0582. The van der Waals surface area contributed by atoms with Gasteiger partial charge in [0.25, 0.3) is 0 Å². The van der Waals surface area contributed by atoms with E-state index in [0.717, 1.165) is 45.4 Å². The van der Waals surface area contributed by atoms with Crippen molar-refractivity contribution in [2.45, 2.75) is 44.8 Å². The molecule has 1 aliphatic heterocycles. The zero-order chi connectivity index (χ0) is 12.7. The summed E-state index contributed by atoms with van der Waals surface area (Å²) in [5.41, 5.74) is -0.0329. The fraction of sp³-hybridized carbons (Fsp3) is 1.00. The number of hydrogen-bond acceptors (Lipinski definition) is 4. The van der Waals surface area contributed by atoms with Crippen molar-refractivity contribution in [2.75, 3.05) is 39.8 Å². The van der Waals surface area contributed by atoms with E-state index in [1.165, 1.54) is 0 Å². The van der Waals surface area contributed by atoms with Crippen LogP contribution in [0.25, 0.3) is 0 Å². The maximum atomic E-state index is 9.93. The van der Waals surface area contributed by atoms with Crippen LogP contribution < -0.4 is 5.32 Å². The lowest BCUT2D eigenvalue weighted by Gasteiger charge is -2.40. The van der Waals surface area contributed by atoms with Crippen molar-refractivity contribution in [1.29, 1.82) is 0 Å². The Morgan fingerprint density at radius 2 is 2.29 bits per heavy atom. The molecule has 102 valence electrons. The van der Waals surface area contributed by atoms with Crippen LogP contribution in [0.4, 0.5) is 0 Å². The molecule has 1 fully saturated rings. The molecule has 0 aliphatic carbocycles. The monoisotopic (exact) mass is 244 g/mol. The molecule has 1 rings (SSSR count). The van der Waals surface area contributed by atoms with Gasteiger partial charge in [-0.2, -0.15) is 0 Å². The molecular formula is C13H28N2O2. The summed E-state index contributed by atoms with van der Waals surface area (Å²) in [4.78, 5) is 2.31. The quantitative estimate of drug-likeness (QED) is 0.652. The average molecular weight is 244 g/mol. The zero-order valence-electron chi connectivity index (χ0n) is 11.5. The normalized spacial score (nSPS) is 28.2. The Morgan fingerprint density at radius 3 is 2.94 bits per heavy atom. The predicted molar refractivity (Wildman–Crippen MR) is 70.3 cm³/mol. The first kappa shape index (κ1) is 14.9. The molecule has 2 N–H and O–H groups in total. The molecule has 4 heteroatoms. The Balaban J connectivity index is 2.26. The first-order valence-electron chi connectivity index (χ1n) is 6.76. The summed E-state index contributed by atoms with van der Waals surface area (Å²) >= 11 is 0. The molecule has 1 aliphatic rings. The number of nitrogens with zero attached hydrogens (tertiary/aromatic N) is 1. The highest BCUT2D eigenvalue weighted by Crippen LogP contribution is 2.23. The fourth-order valence-electron chi connectivity index (χ4n) is 2.44. The zero-order valence-corrected chi connectivity index (χ0v) is 11.5. The van der Waals surface area contributed by atoms with Gasteiger partial charge < -0.3 is 15.2 Å². The van der Waals surface area contributed by atoms with E-state index in [0.29, 0.717) is 6.54 Å². The van der Waals surface area contributed by atoms with E-state index < -0.39 is 0 Å². The maximum Gasteiger partial charge on any atom is 0.0791 e. The number of ether oxygens (including phenoxy) is 1. The highest BCUT2D eigenvalue weighted by atomic mass is 16.5. The van der Waals surface area contributed by atoms with Crippen molar-refractivity contribution in [3.05, 3.63) is 0 Å². The third-order valence-corrected chi connectivity index (χ3v) is 3.51. The highest BCUT2D eigenvalue weighted by molar-refractivity contribution is 4.85. The van der Waals surface area contributed by atoms with Crippen LogP contribution >= 0.6 is 0 Å². The Labute approximate surface area is 105 Å². The molecule has 0 radical (unpaired) electrons. The Kier molecular flexibility index (Phi) is 6.41. The molecule has 1 heterocycles. The largest absolute Gasteiger partial charge is 0.390 e. The van der Waals surface area contributed by atoms with Gasteiger partial charge >= 0.3 is 0 Å². The van der Waals surface area contributed by atoms with Crippen molar-refractivity contribution in [2.24, 2.45) is 0 Å². The van der Waals surface area contributed by atoms with Gasteiger partial charge in [-0.25, -0.2) is 0 Å². The molecular weight excluding hydrogens is 216 g/mol. The second kappa shape index (κ2) is 7.31. The number of rotatable bonds is 7. The number of β-amino-alcohol motifs (C(OH)–C–C–N with tert-alkyl or cyclic N) is 1. The van der Waals surface area contributed by atoms with Crippen molar-refractivity contribution >= 4 is 0 Å². The molecule has 2 unspecified atom stereocenters. The SMILES string of the molecule is CCCNCC(O)CN1CCCC(C)(OC)C1. The highest BCUT2D eigenvalue weighted by Gasteiger charge is 2.31. The van der Waals surface area contributed by atoms with Gasteiger partial charge in [-0.3, -0.25) is 4.90 Å². The summed E-state index contributed by atoms with van der Waals surface area (Å²) in [6.07, 6.45) is 3.10. The van der Waals surface area contributed by atoms with Crippen LogP contribution in [0.15, 0.2) is 0 Å². The number of nitrogens with one attached hydrogen (secondary N) is 1. The fourth-order valence-corrected chi connectivity index (χ4v) is 2.44. The van der Waals surface area contributed by atoms with Crippen LogP contribution in [-0.4, -0.2) is 61.5 Å². The van der Waals surface area contributed by atoms with E-state index in [4.69, 9.17) is 4.74 Å². The topological polar surface area (TPSA) is 44.7 Å². The smallest absolute Gasteiger partial charge is 0.0791 e. The van der Waals surface area contributed by atoms with Gasteiger partial charge in [0, 0.05) is 26.7 Å². The summed E-state index contributed by atoms with van der Waals surface area (Å²) in [7, 11) is 1.78. The molecule has 4 nitrogen and oxygen atoms in total. The molecule has 1 saturated heterocycles. The lowest BCUT2D eigenvalue weighted by atomic mass is 9.94. The number of methoxy groups -OCH3 is 1. The van der Waals surface area contributed by atoms with E-state index in [1.807, 2.05) is 0 Å². The second-order valence-corrected chi connectivity index (χ2v) is 5.35. The van der Waals surface area contributed by atoms with Gasteiger partial charge in [-0.1, -0.05) is 6.92 Å². The van der Waals surface area contributed by atoms with E-state index in [1.54, 1.807) is 7.11 Å². The first-order valence-corrected chi connectivity index (χ1v) is 6.76. The maximum absolute atomic E-state index is 9.93. The van der Waals surface area contributed by atoms with Crippen LogP contribution in [0.3, 0.4) is 0 Å². The van der Waals surface area contributed by atoms with E-state index in [-0.39, 0.29) is 11.7 Å². The molecule has 17 heavy (non-hydrogen) atoms. The lowest BCUT2D eigenvalue weighted by Crippen LogP contribution is -2.50. The van der Waals surface area contributed by atoms with Crippen LogP contribution in [0.1, 0.15) is 33.1 Å².